The Balaban J connectivity index is 0.00000180. The van der Waals surface area contributed by atoms with Crippen molar-refractivity contribution in [3.63, 3.8) is 0 Å². The number of fused-ring (bicyclic) bond motifs is 1. The van der Waals surface area contributed by atoms with Gasteiger partial charge in [-0.15, -0.1) is 11.8 Å². The van der Waals surface area contributed by atoms with E-state index in [-0.39, 0.29) is 53.3 Å². The van der Waals surface area contributed by atoms with Crippen molar-refractivity contribution < 1.29 is 49.0 Å². The van der Waals surface area contributed by atoms with Crippen LogP contribution in [0.3, 0.4) is 0 Å². The monoisotopic (exact) mass is 295 g/mol. The van der Waals surface area contributed by atoms with Gasteiger partial charge >= 0.3 is 35.5 Å². The minimum absolute atomic E-state index is 0. The third-order valence-electron chi connectivity index (χ3n) is 2.98. The summed E-state index contributed by atoms with van der Waals surface area (Å²) in [5, 5.41) is 11.1. The summed E-state index contributed by atoms with van der Waals surface area (Å²) in [6.07, 6.45) is -0.539. The number of carbonyl (C=O) groups excluding carboxylic acids is 2. The standard InChI is InChI=1S/C10H15N3O4S.Na/c1-4(14)17-2-5-3-18-9-6(11)8(12)13(9)7(5)10(15)16;/h6,8-9H,2-3,11-12H2,1H3,(H,15,16);/q;+1/p-1. The molecule has 9 heteroatoms. The quantitative estimate of drug-likeness (QED) is 0.391. The average molecular weight is 295 g/mol. The largest absolute Gasteiger partial charge is 1.00 e. The molecule has 1 saturated heterocycles. The molecule has 0 radical (unpaired) electrons. The number of rotatable bonds is 3. The molecule has 3 atom stereocenters. The van der Waals surface area contributed by atoms with E-state index in [0.717, 1.165) is 0 Å². The van der Waals surface area contributed by atoms with Gasteiger partial charge in [0, 0.05) is 18.2 Å². The Kier molecular flexibility index (Phi) is 5.72. The van der Waals surface area contributed by atoms with E-state index in [4.69, 9.17) is 16.2 Å². The van der Waals surface area contributed by atoms with E-state index in [1.54, 1.807) is 0 Å². The Morgan fingerprint density at radius 2 is 2.16 bits per heavy atom. The summed E-state index contributed by atoms with van der Waals surface area (Å²) in [5.41, 5.74) is 12.1. The predicted molar refractivity (Wildman–Crippen MR) is 62.7 cm³/mol. The number of carboxylic acids is 1. The normalized spacial score (nSPS) is 29.0. The first-order valence-electron chi connectivity index (χ1n) is 5.41. The molecule has 4 N–H and O–H groups in total. The molecule has 0 aromatic carbocycles. The van der Waals surface area contributed by atoms with Crippen LogP contribution in [0.1, 0.15) is 6.92 Å². The van der Waals surface area contributed by atoms with E-state index in [1.165, 1.54) is 23.6 Å². The van der Waals surface area contributed by atoms with Crippen molar-refractivity contribution in [2.75, 3.05) is 12.4 Å². The fraction of sp³-hybridized carbons (Fsp3) is 0.600. The van der Waals surface area contributed by atoms with Crippen molar-refractivity contribution in [3.8, 4) is 0 Å². The van der Waals surface area contributed by atoms with Crippen LogP contribution in [0.2, 0.25) is 0 Å². The van der Waals surface area contributed by atoms with Gasteiger partial charge in [0.05, 0.1) is 29.2 Å². The van der Waals surface area contributed by atoms with Crippen molar-refractivity contribution in [2.45, 2.75) is 24.5 Å². The number of hydrogen-bond donors (Lipinski definition) is 2. The minimum atomic E-state index is -1.31. The fourth-order valence-electron chi connectivity index (χ4n) is 2.06. The first-order valence-corrected chi connectivity index (χ1v) is 6.46. The zero-order chi connectivity index (χ0) is 13.4. The summed E-state index contributed by atoms with van der Waals surface area (Å²) >= 11 is 1.49. The van der Waals surface area contributed by atoms with Crippen LogP contribution in [0.5, 0.6) is 0 Å². The summed E-state index contributed by atoms with van der Waals surface area (Å²) < 4.78 is 4.83. The number of nitrogens with zero attached hydrogens (tertiary/aromatic N) is 1. The van der Waals surface area contributed by atoms with Crippen molar-refractivity contribution in [2.24, 2.45) is 11.5 Å². The zero-order valence-electron chi connectivity index (χ0n) is 10.8. The molecule has 2 aliphatic rings. The van der Waals surface area contributed by atoms with Crippen LogP contribution in [0.15, 0.2) is 11.3 Å². The van der Waals surface area contributed by atoms with Crippen molar-refractivity contribution in [1.29, 1.82) is 0 Å². The van der Waals surface area contributed by atoms with Crippen molar-refractivity contribution >= 4 is 23.7 Å². The summed E-state index contributed by atoms with van der Waals surface area (Å²) in [4.78, 5) is 23.5. The van der Waals surface area contributed by atoms with E-state index in [0.29, 0.717) is 11.3 Å². The van der Waals surface area contributed by atoms with E-state index >= 15 is 0 Å². The first-order chi connectivity index (χ1) is 8.43. The van der Waals surface area contributed by atoms with E-state index in [1.807, 2.05) is 0 Å². The van der Waals surface area contributed by atoms with Crippen molar-refractivity contribution in [3.05, 3.63) is 11.3 Å². The van der Waals surface area contributed by atoms with Crippen LogP contribution in [0.25, 0.3) is 0 Å². The molecule has 0 bridgehead atoms. The van der Waals surface area contributed by atoms with Crippen LogP contribution >= 0.6 is 11.8 Å². The van der Waals surface area contributed by atoms with Crippen LogP contribution in [0, 0.1) is 0 Å². The van der Waals surface area contributed by atoms with Crippen LogP contribution in [0.4, 0.5) is 0 Å². The predicted octanol–water partition coefficient (Wildman–Crippen LogP) is -5.44. The van der Waals surface area contributed by atoms with Crippen LogP contribution in [-0.4, -0.2) is 46.8 Å². The molecular formula is C10H14N3NaO4S. The molecule has 2 rings (SSSR count). The number of carboxylic acid groups (broad SMARTS) is 1. The third-order valence-corrected chi connectivity index (χ3v) is 4.38. The number of thioether (sulfide) groups is 1. The number of nitrogens with two attached hydrogens (primary N) is 2. The molecule has 19 heavy (non-hydrogen) atoms. The number of hydrogen-bond acceptors (Lipinski definition) is 8. The molecule has 0 spiro atoms. The van der Waals surface area contributed by atoms with Crippen LogP contribution < -0.4 is 46.1 Å². The van der Waals surface area contributed by atoms with Gasteiger partial charge in [0.1, 0.15) is 6.61 Å². The van der Waals surface area contributed by atoms with Gasteiger partial charge in [-0.2, -0.15) is 0 Å². The van der Waals surface area contributed by atoms with Crippen molar-refractivity contribution in [1.82, 2.24) is 4.90 Å². The molecule has 0 aromatic rings. The molecule has 0 aromatic heterocycles. The fourth-order valence-corrected chi connectivity index (χ4v) is 3.44. The molecule has 100 valence electrons. The van der Waals surface area contributed by atoms with E-state index in [2.05, 4.69) is 0 Å². The Morgan fingerprint density at radius 1 is 1.53 bits per heavy atom. The molecule has 2 heterocycles. The maximum absolute atomic E-state index is 11.2. The SMILES string of the molecule is CC(=O)OCC1=C(C(=O)[O-])N2C(N)C(N)C2SC1.[Na+]. The number of aliphatic carboxylic acids is 1. The third kappa shape index (κ3) is 3.09. The molecule has 0 aliphatic carbocycles. The van der Waals surface area contributed by atoms with E-state index < -0.39 is 18.1 Å². The summed E-state index contributed by atoms with van der Waals surface area (Å²) in [6, 6.07) is -0.264. The zero-order valence-corrected chi connectivity index (χ0v) is 13.6. The van der Waals surface area contributed by atoms with Crippen LogP contribution in [-0.2, 0) is 14.3 Å². The summed E-state index contributed by atoms with van der Waals surface area (Å²) in [5.74, 6) is -1.33. The Bertz CT molecular complexity index is 431. The van der Waals surface area contributed by atoms with Gasteiger partial charge in [-0.25, -0.2) is 0 Å². The second-order valence-corrected chi connectivity index (χ2v) is 5.30. The Labute approximate surface area is 137 Å². The summed E-state index contributed by atoms with van der Waals surface area (Å²) in [7, 11) is 0. The molecule has 7 nitrogen and oxygen atoms in total. The van der Waals surface area contributed by atoms with Gasteiger partial charge in [0.25, 0.3) is 0 Å². The number of ether oxygens (including phenoxy) is 1. The van der Waals surface area contributed by atoms with Gasteiger partial charge in [-0.1, -0.05) is 0 Å². The molecule has 3 unspecified atom stereocenters. The number of carbonyl (C=O) groups is 2. The van der Waals surface area contributed by atoms with E-state index in [9.17, 15) is 14.7 Å². The first kappa shape index (κ1) is 16.8. The molecule has 1 fully saturated rings. The molecular weight excluding hydrogens is 281 g/mol. The second kappa shape index (κ2) is 6.47. The minimum Gasteiger partial charge on any atom is -0.543 e. The summed E-state index contributed by atoms with van der Waals surface area (Å²) in [6.45, 7) is 1.21. The second-order valence-electron chi connectivity index (χ2n) is 4.20. The van der Waals surface area contributed by atoms with Gasteiger partial charge in [-0.3, -0.25) is 4.79 Å². The van der Waals surface area contributed by atoms with Gasteiger partial charge < -0.3 is 31.0 Å². The Morgan fingerprint density at radius 3 is 2.68 bits per heavy atom. The Hall–Kier alpha value is -0.250. The van der Waals surface area contributed by atoms with Gasteiger partial charge in [-0.05, 0) is 0 Å². The maximum atomic E-state index is 11.2. The smallest absolute Gasteiger partial charge is 0.543 e. The maximum Gasteiger partial charge on any atom is 1.00 e. The molecule has 2 aliphatic heterocycles. The number of esters is 1. The van der Waals surface area contributed by atoms with Gasteiger partial charge in [0.15, 0.2) is 0 Å². The van der Waals surface area contributed by atoms with Gasteiger partial charge in [0.2, 0.25) is 0 Å². The topological polar surface area (TPSA) is 122 Å². The average Bonchev–Trinajstić information content (AvgIpc) is 2.33. The molecule has 0 amide bonds. The molecule has 0 saturated carbocycles.